The summed E-state index contributed by atoms with van der Waals surface area (Å²) >= 11 is 3.07. The number of alkyl halides is 3. The van der Waals surface area contributed by atoms with Gasteiger partial charge in [-0.05, 0) is 31.0 Å². The quantitative estimate of drug-likeness (QED) is 0.844. The fraction of sp³-hybridized carbons (Fsp3) is 0.571. The molecule has 112 valence electrons. The Kier molecular flexibility index (Phi) is 4.96. The first-order valence-electron chi connectivity index (χ1n) is 6.66. The molecule has 0 bridgehead atoms. The minimum absolute atomic E-state index is 0.00947. The van der Waals surface area contributed by atoms with Gasteiger partial charge in [-0.2, -0.15) is 13.2 Å². The number of hydrogen-bond donors (Lipinski definition) is 2. The molecule has 1 aromatic carbocycles. The number of anilines is 1. The molecule has 1 saturated carbocycles. The van der Waals surface area contributed by atoms with Crippen LogP contribution in [0.3, 0.4) is 0 Å². The third-order valence-corrected chi connectivity index (χ3v) is 4.26. The normalized spacial score (nSPS) is 23.6. The minimum Gasteiger partial charge on any atom is -0.396 e. The predicted molar refractivity (Wildman–Crippen MR) is 75.6 cm³/mol. The van der Waals surface area contributed by atoms with E-state index in [1.165, 1.54) is 6.07 Å². The maximum Gasteiger partial charge on any atom is 0.418 e. The van der Waals surface area contributed by atoms with Crippen LogP contribution in [-0.2, 0) is 6.18 Å². The number of benzene rings is 1. The lowest BCUT2D eigenvalue weighted by Crippen LogP contribution is -2.35. The van der Waals surface area contributed by atoms with E-state index < -0.39 is 11.7 Å². The van der Waals surface area contributed by atoms with E-state index in [9.17, 15) is 18.3 Å². The Morgan fingerprint density at radius 2 is 1.95 bits per heavy atom. The molecule has 0 aliphatic heterocycles. The molecule has 2 unspecified atom stereocenters. The molecule has 0 saturated heterocycles. The molecule has 1 aliphatic rings. The topological polar surface area (TPSA) is 32.3 Å². The molecule has 1 aliphatic carbocycles. The molecule has 1 aromatic rings. The second-order valence-corrected chi connectivity index (χ2v) is 6.08. The van der Waals surface area contributed by atoms with Crippen molar-refractivity contribution in [2.24, 2.45) is 5.92 Å². The van der Waals surface area contributed by atoms with Gasteiger partial charge < -0.3 is 10.4 Å². The van der Waals surface area contributed by atoms with Gasteiger partial charge in [0.25, 0.3) is 0 Å². The summed E-state index contributed by atoms with van der Waals surface area (Å²) < 4.78 is 39.6. The molecule has 2 atom stereocenters. The van der Waals surface area contributed by atoms with E-state index >= 15 is 0 Å². The van der Waals surface area contributed by atoms with Gasteiger partial charge in [-0.1, -0.05) is 28.8 Å². The van der Waals surface area contributed by atoms with Crippen molar-refractivity contribution in [1.82, 2.24) is 0 Å². The van der Waals surface area contributed by atoms with E-state index in [2.05, 4.69) is 21.2 Å². The van der Waals surface area contributed by atoms with Crippen LogP contribution in [0.4, 0.5) is 18.9 Å². The summed E-state index contributed by atoms with van der Waals surface area (Å²) in [5, 5.41) is 12.3. The van der Waals surface area contributed by atoms with E-state index in [-0.39, 0.29) is 24.3 Å². The number of aliphatic hydroxyl groups is 1. The molecule has 0 spiro atoms. The molecule has 0 radical (unpaired) electrons. The van der Waals surface area contributed by atoms with E-state index in [0.717, 1.165) is 31.7 Å². The number of hydrogen-bond acceptors (Lipinski definition) is 2. The molecule has 2 nitrogen and oxygen atoms in total. The molecule has 6 heteroatoms. The van der Waals surface area contributed by atoms with Crippen molar-refractivity contribution in [1.29, 1.82) is 0 Å². The van der Waals surface area contributed by atoms with Crippen LogP contribution in [-0.4, -0.2) is 17.8 Å². The van der Waals surface area contributed by atoms with Crippen molar-refractivity contribution < 1.29 is 18.3 Å². The van der Waals surface area contributed by atoms with Gasteiger partial charge in [0.15, 0.2) is 0 Å². The molecule has 2 rings (SSSR count). The Hall–Kier alpha value is -0.750. The van der Waals surface area contributed by atoms with Crippen LogP contribution in [0.5, 0.6) is 0 Å². The third kappa shape index (κ3) is 3.67. The van der Waals surface area contributed by atoms with Crippen molar-refractivity contribution in [3.8, 4) is 0 Å². The standard InChI is InChI=1S/C14H17BrF3NO/c15-10-5-6-13(11(7-10)14(16,17)18)19-12-4-2-1-3-9(12)8-20/h5-7,9,12,19-20H,1-4,8H2. The van der Waals surface area contributed by atoms with Crippen LogP contribution < -0.4 is 5.32 Å². The van der Waals surface area contributed by atoms with Crippen molar-refractivity contribution >= 4 is 21.6 Å². The van der Waals surface area contributed by atoms with Crippen molar-refractivity contribution in [3.05, 3.63) is 28.2 Å². The highest BCUT2D eigenvalue weighted by Gasteiger charge is 2.35. The lowest BCUT2D eigenvalue weighted by atomic mass is 9.85. The van der Waals surface area contributed by atoms with Crippen LogP contribution in [0.2, 0.25) is 0 Å². The summed E-state index contributed by atoms with van der Waals surface area (Å²) in [6.07, 6.45) is -0.748. The summed E-state index contributed by atoms with van der Waals surface area (Å²) in [7, 11) is 0. The van der Waals surface area contributed by atoms with Gasteiger partial charge in [0, 0.05) is 28.7 Å². The van der Waals surface area contributed by atoms with Gasteiger partial charge in [-0.25, -0.2) is 0 Å². The fourth-order valence-electron chi connectivity index (χ4n) is 2.69. The third-order valence-electron chi connectivity index (χ3n) is 3.77. The molecule has 20 heavy (non-hydrogen) atoms. The summed E-state index contributed by atoms with van der Waals surface area (Å²) in [5.41, 5.74) is -0.583. The first-order chi connectivity index (χ1) is 9.41. The van der Waals surface area contributed by atoms with Gasteiger partial charge in [-0.15, -0.1) is 0 Å². The van der Waals surface area contributed by atoms with Gasteiger partial charge in [0.2, 0.25) is 0 Å². The predicted octanol–water partition coefficient (Wildman–Crippen LogP) is 4.43. The van der Waals surface area contributed by atoms with Crippen LogP contribution in [0, 0.1) is 5.92 Å². The van der Waals surface area contributed by atoms with Gasteiger partial charge in [-0.3, -0.25) is 0 Å². The summed E-state index contributed by atoms with van der Waals surface area (Å²) in [5.74, 6) is 0.0217. The van der Waals surface area contributed by atoms with E-state index in [1.54, 1.807) is 6.07 Å². The van der Waals surface area contributed by atoms with Crippen molar-refractivity contribution in [3.63, 3.8) is 0 Å². The second-order valence-electron chi connectivity index (χ2n) is 5.17. The number of halogens is 4. The van der Waals surface area contributed by atoms with Gasteiger partial charge in [0.1, 0.15) is 0 Å². The molecule has 0 amide bonds. The van der Waals surface area contributed by atoms with Crippen molar-refractivity contribution in [2.45, 2.75) is 37.9 Å². The minimum atomic E-state index is -4.39. The van der Waals surface area contributed by atoms with E-state index in [1.807, 2.05) is 0 Å². The zero-order valence-electron chi connectivity index (χ0n) is 10.9. The smallest absolute Gasteiger partial charge is 0.396 e. The SMILES string of the molecule is OCC1CCCCC1Nc1ccc(Br)cc1C(F)(F)F. The maximum absolute atomic E-state index is 13.1. The molecular formula is C14H17BrF3NO. The average Bonchev–Trinajstić information content (AvgIpc) is 2.40. The Morgan fingerprint density at radius 3 is 2.60 bits per heavy atom. The van der Waals surface area contributed by atoms with E-state index in [4.69, 9.17) is 0 Å². The Balaban J connectivity index is 2.24. The second kappa shape index (κ2) is 6.35. The number of aliphatic hydroxyl groups excluding tert-OH is 1. The Bertz CT molecular complexity index is 464. The van der Waals surface area contributed by atoms with Crippen molar-refractivity contribution in [2.75, 3.05) is 11.9 Å². The first-order valence-corrected chi connectivity index (χ1v) is 7.45. The zero-order chi connectivity index (χ0) is 14.8. The summed E-state index contributed by atoms with van der Waals surface area (Å²) in [6.45, 7) is 0.00947. The first kappa shape index (κ1) is 15.6. The fourth-order valence-corrected chi connectivity index (χ4v) is 3.05. The molecule has 1 fully saturated rings. The molecule has 2 N–H and O–H groups in total. The van der Waals surface area contributed by atoms with Crippen LogP contribution in [0.25, 0.3) is 0 Å². The largest absolute Gasteiger partial charge is 0.418 e. The summed E-state index contributed by atoms with van der Waals surface area (Å²) in [6, 6.07) is 4.01. The monoisotopic (exact) mass is 351 g/mol. The number of nitrogens with one attached hydrogen (secondary N) is 1. The lowest BCUT2D eigenvalue weighted by molar-refractivity contribution is -0.137. The Labute approximate surface area is 124 Å². The molecule has 0 aromatic heterocycles. The van der Waals surface area contributed by atoms with Crippen LogP contribution in [0.1, 0.15) is 31.2 Å². The number of rotatable bonds is 3. The van der Waals surface area contributed by atoms with E-state index in [0.29, 0.717) is 4.47 Å². The van der Waals surface area contributed by atoms with Gasteiger partial charge in [0.05, 0.1) is 5.56 Å². The Morgan fingerprint density at radius 1 is 1.25 bits per heavy atom. The van der Waals surface area contributed by atoms with Crippen LogP contribution >= 0.6 is 15.9 Å². The molecular weight excluding hydrogens is 335 g/mol. The highest BCUT2D eigenvalue weighted by Crippen LogP contribution is 2.38. The van der Waals surface area contributed by atoms with Crippen LogP contribution in [0.15, 0.2) is 22.7 Å². The molecule has 0 heterocycles. The average molecular weight is 352 g/mol. The van der Waals surface area contributed by atoms with Gasteiger partial charge >= 0.3 is 6.18 Å². The highest BCUT2D eigenvalue weighted by molar-refractivity contribution is 9.10. The zero-order valence-corrected chi connectivity index (χ0v) is 12.5. The summed E-state index contributed by atoms with van der Waals surface area (Å²) in [4.78, 5) is 0. The lowest BCUT2D eigenvalue weighted by Gasteiger charge is -2.32. The highest BCUT2D eigenvalue weighted by atomic mass is 79.9. The maximum atomic E-state index is 13.1.